The number of halogens is 1. The Hall–Kier alpha value is 0.450. The lowest BCUT2D eigenvalue weighted by Gasteiger charge is -2.07. The topological polar surface area (TPSA) is 51.2 Å². The Bertz CT molecular complexity index is 285. The molecule has 0 spiro atoms. The third-order valence-electron chi connectivity index (χ3n) is 1.55. The van der Waals surface area contributed by atoms with E-state index in [1.165, 1.54) is 6.92 Å². The van der Waals surface area contributed by atoms with Crippen molar-refractivity contribution in [3.05, 3.63) is 0 Å². The van der Waals surface area contributed by atoms with Crippen LogP contribution in [0, 0.1) is 0 Å². The number of carbonyl (C=O) groups is 1. The summed E-state index contributed by atoms with van der Waals surface area (Å²) in [6, 6.07) is 0. The SMILES string of the molecule is CC(=O)S[C@H]1CS(=O)(=O)C[C@@H]1Br. The van der Waals surface area contributed by atoms with E-state index in [0.29, 0.717) is 0 Å². The van der Waals surface area contributed by atoms with Crippen LogP contribution in [0.5, 0.6) is 0 Å². The zero-order chi connectivity index (χ0) is 9.35. The number of rotatable bonds is 1. The maximum Gasteiger partial charge on any atom is 0.186 e. The van der Waals surface area contributed by atoms with Crippen LogP contribution in [0.4, 0.5) is 0 Å². The summed E-state index contributed by atoms with van der Waals surface area (Å²) in [6.07, 6.45) is 0. The number of alkyl halides is 1. The molecule has 1 heterocycles. The zero-order valence-electron chi connectivity index (χ0n) is 6.49. The average Bonchev–Trinajstić information content (AvgIpc) is 2.03. The molecule has 0 aromatic rings. The molecule has 0 amide bonds. The molecule has 0 unspecified atom stereocenters. The van der Waals surface area contributed by atoms with Gasteiger partial charge in [-0.2, -0.15) is 0 Å². The van der Waals surface area contributed by atoms with E-state index in [4.69, 9.17) is 0 Å². The van der Waals surface area contributed by atoms with Crippen LogP contribution >= 0.6 is 27.7 Å². The van der Waals surface area contributed by atoms with Crippen LogP contribution in [0.1, 0.15) is 6.92 Å². The lowest BCUT2D eigenvalue weighted by atomic mass is 10.4. The second kappa shape index (κ2) is 3.67. The molecule has 6 heteroatoms. The maximum atomic E-state index is 11.1. The van der Waals surface area contributed by atoms with Crippen molar-refractivity contribution < 1.29 is 13.2 Å². The van der Waals surface area contributed by atoms with Crippen molar-refractivity contribution in [1.29, 1.82) is 0 Å². The Morgan fingerprint density at radius 1 is 1.50 bits per heavy atom. The highest BCUT2D eigenvalue weighted by molar-refractivity contribution is 9.09. The van der Waals surface area contributed by atoms with Crippen LogP contribution in [0.3, 0.4) is 0 Å². The van der Waals surface area contributed by atoms with Crippen LogP contribution in [0.15, 0.2) is 0 Å². The van der Waals surface area contributed by atoms with Gasteiger partial charge in [-0.25, -0.2) is 8.42 Å². The van der Waals surface area contributed by atoms with Gasteiger partial charge in [0.25, 0.3) is 0 Å². The minimum Gasteiger partial charge on any atom is -0.288 e. The number of sulfone groups is 1. The molecular formula is C6H9BrO3S2. The summed E-state index contributed by atoms with van der Waals surface area (Å²) < 4.78 is 22.2. The third-order valence-corrected chi connectivity index (χ3v) is 6.37. The van der Waals surface area contributed by atoms with E-state index in [2.05, 4.69) is 15.9 Å². The summed E-state index contributed by atoms with van der Waals surface area (Å²) in [6.45, 7) is 1.45. The zero-order valence-corrected chi connectivity index (χ0v) is 9.71. The molecule has 0 radical (unpaired) electrons. The van der Waals surface area contributed by atoms with E-state index in [1.807, 2.05) is 0 Å². The first-order valence-corrected chi connectivity index (χ1v) is 7.04. The van der Waals surface area contributed by atoms with Gasteiger partial charge in [0, 0.05) is 17.0 Å². The average molecular weight is 273 g/mol. The molecule has 1 aliphatic rings. The lowest BCUT2D eigenvalue weighted by molar-refractivity contribution is -0.109. The Kier molecular flexibility index (Phi) is 3.22. The second-order valence-corrected chi connectivity index (χ2v) is 7.49. The Balaban J connectivity index is 2.64. The van der Waals surface area contributed by atoms with E-state index in [0.717, 1.165) is 11.8 Å². The summed E-state index contributed by atoms with van der Waals surface area (Å²) in [4.78, 5) is 10.6. The molecule has 12 heavy (non-hydrogen) atoms. The molecule has 1 saturated heterocycles. The molecule has 1 fully saturated rings. The van der Waals surface area contributed by atoms with Crippen molar-refractivity contribution in [2.45, 2.75) is 17.0 Å². The highest BCUT2D eigenvalue weighted by atomic mass is 79.9. The molecule has 1 aliphatic heterocycles. The number of thioether (sulfide) groups is 1. The molecule has 0 aromatic carbocycles. The van der Waals surface area contributed by atoms with Gasteiger partial charge < -0.3 is 0 Å². The largest absolute Gasteiger partial charge is 0.288 e. The van der Waals surface area contributed by atoms with Gasteiger partial charge in [0.2, 0.25) is 0 Å². The van der Waals surface area contributed by atoms with Crippen molar-refractivity contribution in [2.24, 2.45) is 0 Å². The molecule has 1 rings (SSSR count). The van der Waals surface area contributed by atoms with E-state index < -0.39 is 9.84 Å². The minimum absolute atomic E-state index is 0.0263. The lowest BCUT2D eigenvalue weighted by Crippen LogP contribution is -2.15. The van der Waals surface area contributed by atoms with Crippen molar-refractivity contribution in [3.63, 3.8) is 0 Å². The van der Waals surface area contributed by atoms with Gasteiger partial charge in [-0.15, -0.1) is 0 Å². The molecule has 70 valence electrons. The van der Waals surface area contributed by atoms with Crippen LogP contribution in [0.25, 0.3) is 0 Å². The molecular weight excluding hydrogens is 264 g/mol. The van der Waals surface area contributed by atoms with Crippen molar-refractivity contribution in [1.82, 2.24) is 0 Å². The molecule has 0 aromatic heterocycles. The Morgan fingerprint density at radius 2 is 2.08 bits per heavy atom. The van der Waals surface area contributed by atoms with Gasteiger partial charge in [-0.1, -0.05) is 27.7 Å². The van der Waals surface area contributed by atoms with Crippen molar-refractivity contribution in [2.75, 3.05) is 11.5 Å². The highest BCUT2D eigenvalue weighted by Crippen LogP contribution is 2.29. The summed E-state index contributed by atoms with van der Waals surface area (Å²) in [5.74, 6) is 0.269. The Morgan fingerprint density at radius 3 is 2.42 bits per heavy atom. The van der Waals surface area contributed by atoms with Crippen LogP contribution in [-0.2, 0) is 14.6 Å². The van der Waals surface area contributed by atoms with Crippen molar-refractivity contribution in [3.8, 4) is 0 Å². The summed E-state index contributed by atoms with van der Waals surface area (Å²) in [5, 5.41) is -0.131. The summed E-state index contributed by atoms with van der Waals surface area (Å²) in [7, 11) is -2.91. The summed E-state index contributed by atoms with van der Waals surface area (Å²) >= 11 is 4.36. The van der Waals surface area contributed by atoms with E-state index >= 15 is 0 Å². The number of hydrogen-bond acceptors (Lipinski definition) is 4. The third kappa shape index (κ3) is 2.74. The fraction of sp³-hybridized carbons (Fsp3) is 0.833. The highest BCUT2D eigenvalue weighted by Gasteiger charge is 2.37. The fourth-order valence-corrected chi connectivity index (χ4v) is 6.33. The smallest absolute Gasteiger partial charge is 0.186 e. The molecule has 2 atom stereocenters. The van der Waals surface area contributed by atoms with Gasteiger partial charge >= 0.3 is 0 Å². The predicted molar refractivity (Wildman–Crippen MR) is 53.4 cm³/mol. The number of hydrogen-bond donors (Lipinski definition) is 0. The van der Waals surface area contributed by atoms with Crippen LogP contribution in [0.2, 0.25) is 0 Å². The maximum absolute atomic E-state index is 11.1. The molecule has 0 bridgehead atoms. The van der Waals surface area contributed by atoms with Gasteiger partial charge in [0.1, 0.15) is 0 Å². The predicted octanol–water partition coefficient (Wildman–Crippen LogP) is 0.827. The normalized spacial score (nSPS) is 33.5. The fourth-order valence-electron chi connectivity index (χ4n) is 1.09. The Labute approximate surface area is 84.3 Å². The molecule has 0 N–H and O–H groups in total. The van der Waals surface area contributed by atoms with Gasteiger partial charge in [0.05, 0.1) is 11.5 Å². The quantitative estimate of drug-likeness (QED) is 0.664. The molecule has 0 saturated carbocycles. The van der Waals surface area contributed by atoms with E-state index in [9.17, 15) is 13.2 Å². The van der Waals surface area contributed by atoms with Gasteiger partial charge in [-0.05, 0) is 0 Å². The number of carbonyl (C=O) groups excluding carboxylic acids is 1. The monoisotopic (exact) mass is 272 g/mol. The van der Waals surface area contributed by atoms with Crippen LogP contribution in [-0.4, -0.2) is 35.1 Å². The first-order chi connectivity index (χ1) is 5.41. The second-order valence-electron chi connectivity index (χ2n) is 2.74. The minimum atomic E-state index is -2.91. The molecule has 0 aliphatic carbocycles. The van der Waals surface area contributed by atoms with E-state index in [-0.39, 0.29) is 26.7 Å². The van der Waals surface area contributed by atoms with Crippen molar-refractivity contribution >= 4 is 42.6 Å². The van der Waals surface area contributed by atoms with Crippen LogP contribution < -0.4 is 0 Å². The van der Waals surface area contributed by atoms with Gasteiger partial charge in [-0.3, -0.25) is 4.79 Å². The first kappa shape index (κ1) is 10.5. The molecule has 3 nitrogen and oxygen atoms in total. The summed E-state index contributed by atoms with van der Waals surface area (Å²) in [5.41, 5.74) is 0. The standard InChI is InChI=1S/C6H9BrO3S2/c1-4(8)11-6-3-12(9,10)2-5(6)7/h5-6H,2-3H2,1H3/t5-,6-/m0/s1. The van der Waals surface area contributed by atoms with Gasteiger partial charge in [0.15, 0.2) is 15.0 Å². The van der Waals surface area contributed by atoms with E-state index in [1.54, 1.807) is 0 Å². The first-order valence-electron chi connectivity index (χ1n) is 3.42.